The third-order valence-electron chi connectivity index (χ3n) is 1.70. The number of ether oxygens (including phenoxy) is 2. The number of carbonyl (C=O) groups is 1. The topological polar surface area (TPSA) is 55.8 Å². The van der Waals surface area contributed by atoms with Crippen molar-refractivity contribution in [1.82, 2.24) is 0 Å². The van der Waals surface area contributed by atoms with E-state index in [0.717, 1.165) is 6.07 Å². The van der Waals surface area contributed by atoms with Crippen LogP contribution in [0.5, 0.6) is 5.75 Å². The monoisotopic (exact) mass is 214 g/mol. The van der Waals surface area contributed by atoms with E-state index in [9.17, 15) is 9.18 Å². The van der Waals surface area contributed by atoms with Gasteiger partial charge in [0, 0.05) is 0 Å². The largest absolute Gasteiger partial charge is 0.488 e. The predicted octanol–water partition coefficient (Wildman–Crippen LogP) is 0.983. The van der Waals surface area contributed by atoms with Crippen LogP contribution in [0, 0.1) is 5.82 Å². The maximum Gasteiger partial charge on any atom is 0.337 e. The Balaban J connectivity index is 2.83. The Bertz CT molecular complexity index is 351. The maximum atomic E-state index is 13.3. The van der Waals surface area contributed by atoms with E-state index in [0.29, 0.717) is 0 Å². The standard InChI is InChI=1S/C10H11FO4/c1-14-10(13)7-2-3-9(8(11)6-7)15-5-4-12/h2-3,6,12H,4-5H2,1H3. The summed E-state index contributed by atoms with van der Waals surface area (Å²) in [6.07, 6.45) is 0. The number of methoxy groups -OCH3 is 1. The summed E-state index contributed by atoms with van der Waals surface area (Å²) in [6.45, 7) is -0.188. The van der Waals surface area contributed by atoms with Crippen LogP contribution >= 0.6 is 0 Å². The molecule has 0 aliphatic carbocycles. The molecule has 0 saturated carbocycles. The molecule has 82 valence electrons. The van der Waals surface area contributed by atoms with E-state index in [4.69, 9.17) is 9.84 Å². The van der Waals surface area contributed by atoms with Crippen LogP contribution in [-0.2, 0) is 4.74 Å². The van der Waals surface area contributed by atoms with Gasteiger partial charge in [0.1, 0.15) is 6.61 Å². The van der Waals surface area contributed by atoms with Crippen molar-refractivity contribution < 1.29 is 23.8 Å². The van der Waals surface area contributed by atoms with Gasteiger partial charge in [-0.15, -0.1) is 0 Å². The molecule has 0 atom stereocenters. The first-order chi connectivity index (χ1) is 7.19. The van der Waals surface area contributed by atoms with E-state index >= 15 is 0 Å². The highest BCUT2D eigenvalue weighted by Crippen LogP contribution is 2.18. The van der Waals surface area contributed by atoms with Crippen molar-refractivity contribution in [2.24, 2.45) is 0 Å². The highest BCUT2D eigenvalue weighted by Gasteiger charge is 2.10. The number of hydrogen-bond donors (Lipinski definition) is 1. The third kappa shape index (κ3) is 2.92. The van der Waals surface area contributed by atoms with E-state index in [1.54, 1.807) is 0 Å². The number of benzene rings is 1. The Morgan fingerprint density at radius 2 is 2.27 bits per heavy atom. The lowest BCUT2D eigenvalue weighted by molar-refractivity contribution is 0.0600. The maximum absolute atomic E-state index is 13.3. The molecule has 0 aliphatic heterocycles. The van der Waals surface area contributed by atoms with Crippen LogP contribution in [0.3, 0.4) is 0 Å². The highest BCUT2D eigenvalue weighted by molar-refractivity contribution is 5.89. The molecule has 1 rings (SSSR count). The Hall–Kier alpha value is -1.62. The fourth-order valence-corrected chi connectivity index (χ4v) is 1.02. The summed E-state index contributed by atoms with van der Waals surface area (Å²) < 4.78 is 22.6. The first-order valence-electron chi connectivity index (χ1n) is 4.30. The number of aliphatic hydroxyl groups is 1. The van der Waals surface area contributed by atoms with E-state index < -0.39 is 11.8 Å². The SMILES string of the molecule is COC(=O)c1ccc(OCCO)c(F)c1. The van der Waals surface area contributed by atoms with Gasteiger partial charge in [-0.2, -0.15) is 0 Å². The Morgan fingerprint density at radius 1 is 1.53 bits per heavy atom. The molecule has 0 fully saturated rings. The summed E-state index contributed by atoms with van der Waals surface area (Å²) in [5, 5.41) is 8.48. The quantitative estimate of drug-likeness (QED) is 0.759. The number of halogens is 1. The van der Waals surface area contributed by atoms with Crippen LogP contribution in [0.25, 0.3) is 0 Å². The number of rotatable bonds is 4. The third-order valence-corrected chi connectivity index (χ3v) is 1.70. The summed E-state index contributed by atoms with van der Waals surface area (Å²) in [6, 6.07) is 3.73. The zero-order chi connectivity index (χ0) is 11.3. The van der Waals surface area contributed by atoms with Crippen molar-refractivity contribution >= 4 is 5.97 Å². The van der Waals surface area contributed by atoms with Gasteiger partial charge in [0.15, 0.2) is 11.6 Å². The summed E-state index contributed by atoms with van der Waals surface area (Å²) >= 11 is 0. The smallest absolute Gasteiger partial charge is 0.337 e. The van der Waals surface area contributed by atoms with E-state index in [-0.39, 0.29) is 24.5 Å². The molecule has 0 bridgehead atoms. The van der Waals surface area contributed by atoms with Gasteiger partial charge < -0.3 is 14.6 Å². The summed E-state index contributed by atoms with van der Waals surface area (Å²) in [5.74, 6) is -1.27. The second-order valence-corrected chi connectivity index (χ2v) is 2.71. The molecule has 15 heavy (non-hydrogen) atoms. The van der Waals surface area contributed by atoms with Gasteiger partial charge in [-0.05, 0) is 18.2 Å². The average molecular weight is 214 g/mol. The fraction of sp³-hybridized carbons (Fsp3) is 0.300. The van der Waals surface area contributed by atoms with Gasteiger partial charge in [0.25, 0.3) is 0 Å². The van der Waals surface area contributed by atoms with Crippen molar-refractivity contribution in [1.29, 1.82) is 0 Å². The van der Waals surface area contributed by atoms with Crippen LogP contribution in [-0.4, -0.2) is 31.4 Å². The van der Waals surface area contributed by atoms with Crippen molar-refractivity contribution in [3.63, 3.8) is 0 Å². The van der Waals surface area contributed by atoms with Gasteiger partial charge in [-0.3, -0.25) is 0 Å². The lowest BCUT2D eigenvalue weighted by Gasteiger charge is -2.06. The number of aliphatic hydroxyl groups excluding tert-OH is 1. The second kappa shape index (κ2) is 5.31. The van der Waals surface area contributed by atoms with Crippen LogP contribution in [0.2, 0.25) is 0 Å². The molecule has 1 aromatic rings. The lowest BCUT2D eigenvalue weighted by Crippen LogP contribution is -2.05. The Morgan fingerprint density at radius 3 is 2.80 bits per heavy atom. The molecular weight excluding hydrogens is 203 g/mol. The molecule has 0 radical (unpaired) electrons. The van der Waals surface area contributed by atoms with Gasteiger partial charge in [-0.1, -0.05) is 0 Å². The molecule has 1 N–H and O–H groups in total. The second-order valence-electron chi connectivity index (χ2n) is 2.71. The first kappa shape index (κ1) is 11.5. The minimum Gasteiger partial charge on any atom is -0.488 e. The molecule has 0 aliphatic rings. The Kier molecular flexibility index (Phi) is 4.05. The molecule has 0 amide bonds. The molecule has 1 aromatic carbocycles. The van der Waals surface area contributed by atoms with Gasteiger partial charge in [0.2, 0.25) is 0 Å². The van der Waals surface area contributed by atoms with Crippen molar-refractivity contribution in [3.05, 3.63) is 29.6 Å². The van der Waals surface area contributed by atoms with Crippen LogP contribution in [0.4, 0.5) is 4.39 Å². The summed E-state index contributed by atoms with van der Waals surface area (Å²) in [5.41, 5.74) is 0.117. The van der Waals surface area contributed by atoms with Crippen LogP contribution < -0.4 is 4.74 Å². The van der Waals surface area contributed by atoms with Gasteiger partial charge in [0.05, 0.1) is 19.3 Å². The summed E-state index contributed by atoms with van der Waals surface area (Å²) in [7, 11) is 1.22. The predicted molar refractivity (Wildman–Crippen MR) is 50.3 cm³/mol. The first-order valence-corrected chi connectivity index (χ1v) is 4.30. The van der Waals surface area contributed by atoms with Crippen LogP contribution in [0.1, 0.15) is 10.4 Å². The average Bonchev–Trinajstić information content (AvgIpc) is 2.26. The van der Waals surface area contributed by atoms with Gasteiger partial charge >= 0.3 is 5.97 Å². The minimum absolute atomic E-state index is 0.00305. The number of hydrogen-bond acceptors (Lipinski definition) is 4. The zero-order valence-corrected chi connectivity index (χ0v) is 8.20. The summed E-state index contributed by atoms with van der Waals surface area (Å²) in [4.78, 5) is 11.0. The molecule has 0 saturated heterocycles. The Labute approximate surface area is 86.2 Å². The lowest BCUT2D eigenvalue weighted by atomic mass is 10.2. The molecule has 0 spiro atoms. The molecule has 5 heteroatoms. The molecule has 0 aromatic heterocycles. The van der Waals surface area contributed by atoms with Crippen molar-refractivity contribution in [2.75, 3.05) is 20.3 Å². The molecular formula is C10H11FO4. The number of carbonyl (C=O) groups excluding carboxylic acids is 1. The molecule has 4 nitrogen and oxygen atoms in total. The van der Waals surface area contributed by atoms with Gasteiger partial charge in [-0.25, -0.2) is 9.18 Å². The molecule has 0 unspecified atom stereocenters. The van der Waals surface area contributed by atoms with E-state index in [1.807, 2.05) is 0 Å². The van der Waals surface area contributed by atoms with Crippen molar-refractivity contribution in [2.45, 2.75) is 0 Å². The normalized spacial score (nSPS) is 9.80. The highest BCUT2D eigenvalue weighted by atomic mass is 19.1. The van der Waals surface area contributed by atoms with Crippen molar-refractivity contribution in [3.8, 4) is 5.75 Å². The molecule has 0 heterocycles. The number of esters is 1. The zero-order valence-electron chi connectivity index (χ0n) is 8.20. The minimum atomic E-state index is -0.661. The van der Waals surface area contributed by atoms with Crippen LogP contribution in [0.15, 0.2) is 18.2 Å². The van der Waals surface area contributed by atoms with E-state index in [2.05, 4.69) is 4.74 Å². The van der Waals surface area contributed by atoms with E-state index in [1.165, 1.54) is 19.2 Å². The fourth-order valence-electron chi connectivity index (χ4n) is 1.02.